The van der Waals surface area contributed by atoms with E-state index in [1.165, 1.54) is 38.5 Å². The maximum Gasteiger partial charge on any atom is 0.114 e. The SMILES string of the molecule is C/C=C/CCCCCCCCCO[C@@H]1CO[C@H]([C@@H](O)CO)[C@@H]1O. The van der Waals surface area contributed by atoms with Gasteiger partial charge in [-0.3, -0.25) is 0 Å². The number of aliphatic hydroxyl groups is 3. The van der Waals surface area contributed by atoms with Crippen LogP contribution in [0.5, 0.6) is 0 Å². The molecule has 0 aromatic rings. The van der Waals surface area contributed by atoms with Crippen molar-refractivity contribution in [1.29, 1.82) is 0 Å². The molecule has 1 rings (SSSR count). The van der Waals surface area contributed by atoms with Crippen LogP contribution in [0.1, 0.15) is 58.3 Å². The molecule has 5 heteroatoms. The van der Waals surface area contributed by atoms with Crippen molar-refractivity contribution >= 4 is 0 Å². The highest BCUT2D eigenvalue weighted by Crippen LogP contribution is 2.20. The van der Waals surface area contributed by atoms with Crippen LogP contribution in [-0.4, -0.2) is 59.6 Å². The lowest BCUT2D eigenvalue weighted by Crippen LogP contribution is -2.41. The van der Waals surface area contributed by atoms with Gasteiger partial charge in [-0.25, -0.2) is 0 Å². The first-order valence-electron chi connectivity index (χ1n) is 9.02. The number of allylic oxidation sites excluding steroid dienone is 2. The van der Waals surface area contributed by atoms with Crippen molar-refractivity contribution in [2.75, 3.05) is 19.8 Å². The third-order valence-electron chi connectivity index (χ3n) is 4.32. The molecule has 1 fully saturated rings. The van der Waals surface area contributed by atoms with Crippen molar-refractivity contribution in [3.05, 3.63) is 12.2 Å². The molecule has 1 aliphatic rings. The van der Waals surface area contributed by atoms with E-state index in [0.29, 0.717) is 6.61 Å². The molecule has 23 heavy (non-hydrogen) atoms. The van der Waals surface area contributed by atoms with Crippen LogP contribution in [0.3, 0.4) is 0 Å². The number of hydrogen-bond acceptors (Lipinski definition) is 5. The fraction of sp³-hybridized carbons (Fsp3) is 0.889. The summed E-state index contributed by atoms with van der Waals surface area (Å²) in [5, 5.41) is 28.4. The van der Waals surface area contributed by atoms with Crippen LogP contribution in [0.4, 0.5) is 0 Å². The first-order chi connectivity index (χ1) is 11.2. The van der Waals surface area contributed by atoms with Gasteiger partial charge in [0, 0.05) is 6.61 Å². The second-order valence-electron chi connectivity index (χ2n) is 6.28. The predicted octanol–water partition coefficient (Wildman–Crippen LogP) is 2.18. The summed E-state index contributed by atoms with van der Waals surface area (Å²) >= 11 is 0. The molecule has 0 unspecified atom stereocenters. The molecule has 0 aliphatic carbocycles. The smallest absolute Gasteiger partial charge is 0.114 e. The number of hydrogen-bond donors (Lipinski definition) is 3. The highest BCUT2D eigenvalue weighted by atomic mass is 16.6. The van der Waals surface area contributed by atoms with Gasteiger partial charge >= 0.3 is 0 Å². The quantitative estimate of drug-likeness (QED) is 0.356. The first-order valence-corrected chi connectivity index (χ1v) is 9.02. The van der Waals surface area contributed by atoms with Crippen LogP contribution < -0.4 is 0 Å². The summed E-state index contributed by atoms with van der Waals surface area (Å²) in [5.74, 6) is 0. The molecule has 1 saturated heterocycles. The van der Waals surface area contributed by atoms with Gasteiger partial charge in [0.05, 0.1) is 13.2 Å². The average Bonchev–Trinajstić information content (AvgIpc) is 2.93. The van der Waals surface area contributed by atoms with E-state index in [9.17, 15) is 10.2 Å². The largest absolute Gasteiger partial charge is 0.394 e. The number of aliphatic hydroxyl groups excluding tert-OH is 3. The maximum absolute atomic E-state index is 9.99. The molecule has 0 aromatic heterocycles. The van der Waals surface area contributed by atoms with Crippen molar-refractivity contribution in [3.8, 4) is 0 Å². The zero-order valence-electron chi connectivity index (χ0n) is 14.4. The Morgan fingerprint density at radius 2 is 1.78 bits per heavy atom. The minimum Gasteiger partial charge on any atom is -0.394 e. The maximum atomic E-state index is 9.99. The standard InChI is InChI=1S/C18H34O5/c1-2-3-4-5-6-7-8-9-10-11-12-22-16-14-23-18(17(16)21)15(20)13-19/h2-3,15-21H,4-14H2,1H3/b3-2+/t15-,16+,17+,18+/m0/s1. The molecular weight excluding hydrogens is 296 g/mol. The zero-order valence-corrected chi connectivity index (χ0v) is 14.4. The summed E-state index contributed by atoms with van der Waals surface area (Å²) in [4.78, 5) is 0. The summed E-state index contributed by atoms with van der Waals surface area (Å²) in [5.41, 5.74) is 0. The molecule has 1 aliphatic heterocycles. The summed E-state index contributed by atoms with van der Waals surface area (Å²) in [7, 11) is 0. The average molecular weight is 330 g/mol. The summed E-state index contributed by atoms with van der Waals surface area (Å²) < 4.78 is 10.9. The Balaban J connectivity index is 1.93. The van der Waals surface area contributed by atoms with E-state index in [-0.39, 0.29) is 6.61 Å². The van der Waals surface area contributed by atoms with Gasteiger partial charge in [-0.05, 0) is 26.2 Å². The van der Waals surface area contributed by atoms with E-state index < -0.39 is 31.0 Å². The lowest BCUT2D eigenvalue weighted by atomic mass is 10.1. The lowest BCUT2D eigenvalue weighted by molar-refractivity contribution is -0.0730. The van der Waals surface area contributed by atoms with Gasteiger partial charge in [0.25, 0.3) is 0 Å². The van der Waals surface area contributed by atoms with Crippen molar-refractivity contribution in [2.24, 2.45) is 0 Å². The molecule has 0 bridgehead atoms. The fourth-order valence-electron chi connectivity index (χ4n) is 2.85. The second-order valence-corrected chi connectivity index (χ2v) is 6.28. The van der Waals surface area contributed by atoms with Crippen LogP contribution in [0.25, 0.3) is 0 Å². The summed E-state index contributed by atoms with van der Waals surface area (Å²) in [6, 6.07) is 0. The molecule has 4 atom stereocenters. The van der Waals surface area contributed by atoms with Gasteiger partial charge in [0.15, 0.2) is 0 Å². The Morgan fingerprint density at radius 1 is 1.13 bits per heavy atom. The van der Waals surface area contributed by atoms with E-state index in [1.54, 1.807) is 0 Å². The van der Waals surface area contributed by atoms with Gasteiger partial charge in [0.2, 0.25) is 0 Å². The van der Waals surface area contributed by atoms with Crippen LogP contribution in [0.15, 0.2) is 12.2 Å². The zero-order chi connectivity index (χ0) is 16.9. The van der Waals surface area contributed by atoms with E-state index >= 15 is 0 Å². The third-order valence-corrected chi connectivity index (χ3v) is 4.32. The molecule has 0 aromatic carbocycles. The van der Waals surface area contributed by atoms with Crippen molar-refractivity contribution in [3.63, 3.8) is 0 Å². The number of rotatable bonds is 13. The Kier molecular flexibility index (Phi) is 11.5. The highest BCUT2D eigenvalue weighted by molar-refractivity contribution is 4.88. The summed E-state index contributed by atoms with van der Waals surface area (Å²) in [6.07, 6.45) is 11.0. The van der Waals surface area contributed by atoms with E-state index in [1.807, 2.05) is 0 Å². The van der Waals surface area contributed by atoms with Crippen molar-refractivity contribution < 1.29 is 24.8 Å². The van der Waals surface area contributed by atoms with Gasteiger partial charge in [-0.2, -0.15) is 0 Å². The molecule has 0 saturated carbocycles. The normalized spacial score (nSPS) is 26.2. The van der Waals surface area contributed by atoms with E-state index in [2.05, 4.69) is 19.1 Å². The molecule has 0 radical (unpaired) electrons. The van der Waals surface area contributed by atoms with Gasteiger partial charge < -0.3 is 24.8 Å². The Hall–Kier alpha value is -0.460. The Labute approximate surface area is 140 Å². The minimum atomic E-state index is -1.05. The van der Waals surface area contributed by atoms with Crippen LogP contribution >= 0.6 is 0 Å². The van der Waals surface area contributed by atoms with E-state index in [4.69, 9.17) is 14.6 Å². The molecular formula is C18H34O5. The summed E-state index contributed by atoms with van der Waals surface area (Å²) in [6.45, 7) is 2.53. The van der Waals surface area contributed by atoms with Crippen LogP contribution in [-0.2, 0) is 9.47 Å². The molecule has 5 nitrogen and oxygen atoms in total. The predicted molar refractivity (Wildman–Crippen MR) is 90.3 cm³/mol. The third kappa shape index (κ3) is 8.27. The number of unbranched alkanes of at least 4 members (excludes halogenated alkanes) is 7. The second kappa shape index (κ2) is 12.9. The van der Waals surface area contributed by atoms with Gasteiger partial charge in [0.1, 0.15) is 24.4 Å². The fourth-order valence-corrected chi connectivity index (χ4v) is 2.85. The Bertz CT molecular complexity index is 308. The number of ether oxygens (including phenoxy) is 2. The molecule has 136 valence electrons. The van der Waals surface area contributed by atoms with Gasteiger partial charge in [-0.15, -0.1) is 0 Å². The molecule has 1 heterocycles. The molecule has 0 amide bonds. The van der Waals surface area contributed by atoms with Crippen LogP contribution in [0, 0.1) is 0 Å². The first kappa shape index (κ1) is 20.6. The monoisotopic (exact) mass is 330 g/mol. The topological polar surface area (TPSA) is 79.2 Å². The lowest BCUT2D eigenvalue weighted by Gasteiger charge is -2.20. The molecule has 3 N–H and O–H groups in total. The van der Waals surface area contributed by atoms with Crippen LogP contribution in [0.2, 0.25) is 0 Å². The van der Waals surface area contributed by atoms with Crippen molar-refractivity contribution in [1.82, 2.24) is 0 Å². The van der Waals surface area contributed by atoms with E-state index in [0.717, 1.165) is 12.8 Å². The van der Waals surface area contributed by atoms with Gasteiger partial charge in [-0.1, -0.05) is 44.3 Å². The highest BCUT2D eigenvalue weighted by Gasteiger charge is 2.40. The molecule has 0 spiro atoms. The Morgan fingerprint density at radius 3 is 2.43 bits per heavy atom. The minimum absolute atomic E-state index is 0.273. The van der Waals surface area contributed by atoms with Crippen molar-refractivity contribution in [2.45, 2.75) is 82.7 Å².